The maximum atomic E-state index is 13.5. The maximum absolute atomic E-state index is 13.5. The smallest absolute Gasteiger partial charge is 0.313 e. The molecule has 0 spiro atoms. The first-order chi connectivity index (χ1) is 11.3. The van der Waals surface area contributed by atoms with Gasteiger partial charge in [0, 0.05) is 0 Å². The molecule has 0 aliphatic heterocycles. The van der Waals surface area contributed by atoms with E-state index in [4.69, 9.17) is 0 Å². The minimum atomic E-state index is -2.35. The van der Waals surface area contributed by atoms with E-state index in [1.54, 1.807) is 0 Å². The molecule has 0 saturated heterocycles. The van der Waals surface area contributed by atoms with Gasteiger partial charge in [-0.05, 0) is 25.7 Å². The van der Waals surface area contributed by atoms with Crippen molar-refractivity contribution in [3.8, 4) is 0 Å². The molecule has 1 aromatic carbocycles. The second kappa shape index (κ2) is 7.37. The molecule has 0 heterocycles. The zero-order valence-electron chi connectivity index (χ0n) is 12.5. The van der Waals surface area contributed by atoms with Crippen molar-refractivity contribution >= 4 is 11.7 Å². The van der Waals surface area contributed by atoms with Crippen LogP contribution in [0.5, 0.6) is 0 Å². The maximum Gasteiger partial charge on any atom is 0.371 e. The third kappa shape index (κ3) is 3.69. The largest absolute Gasteiger partial charge is 0.371 e. The Morgan fingerprint density at radius 1 is 1.08 bits per heavy atom. The first-order valence-corrected chi connectivity index (χ1v) is 6.92. The summed E-state index contributed by atoms with van der Waals surface area (Å²) >= 11 is 0. The van der Waals surface area contributed by atoms with E-state index in [0.29, 0.717) is 12.1 Å². The van der Waals surface area contributed by atoms with Crippen molar-refractivity contribution in [3.05, 3.63) is 59.0 Å². The van der Waals surface area contributed by atoms with E-state index >= 15 is 0 Å². The van der Waals surface area contributed by atoms with Crippen LogP contribution in [0.2, 0.25) is 0 Å². The lowest BCUT2D eigenvalue weighted by atomic mass is 9.95. The van der Waals surface area contributed by atoms with E-state index in [2.05, 4.69) is 9.99 Å². The molecule has 8 heteroatoms. The third-order valence-electron chi connectivity index (χ3n) is 3.33. The van der Waals surface area contributed by atoms with Crippen LogP contribution in [0.25, 0.3) is 0 Å². The van der Waals surface area contributed by atoms with E-state index in [-0.39, 0.29) is 5.92 Å². The lowest BCUT2D eigenvalue weighted by Crippen LogP contribution is -2.14. The van der Waals surface area contributed by atoms with Crippen LogP contribution in [0.3, 0.4) is 0 Å². The van der Waals surface area contributed by atoms with Gasteiger partial charge in [0.15, 0.2) is 23.3 Å². The first-order valence-electron chi connectivity index (χ1n) is 6.92. The number of halogens is 5. The minimum Gasteiger partial charge on any atom is -0.313 e. The van der Waals surface area contributed by atoms with Gasteiger partial charge in [-0.25, -0.2) is 26.7 Å². The fourth-order valence-electron chi connectivity index (χ4n) is 2.15. The van der Waals surface area contributed by atoms with Crippen molar-refractivity contribution in [2.45, 2.75) is 19.8 Å². The topological polar surface area (TPSA) is 38.7 Å². The summed E-state index contributed by atoms with van der Waals surface area (Å²) < 4.78 is 65.9. The van der Waals surface area contributed by atoms with Crippen LogP contribution in [0, 0.1) is 35.0 Å². The molecule has 2 rings (SSSR count). The van der Waals surface area contributed by atoms with E-state index in [1.165, 1.54) is 6.92 Å². The lowest BCUT2D eigenvalue weighted by molar-refractivity contribution is 0.0499. The molecule has 1 aliphatic rings. The number of oxime groups is 1. The Hall–Kier alpha value is -2.51. The summed E-state index contributed by atoms with van der Waals surface area (Å²) in [6.07, 6.45) is 8.69. The van der Waals surface area contributed by atoms with Crippen LogP contribution in [0.1, 0.15) is 30.1 Å². The molecule has 24 heavy (non-hydrogen) atoms. The molecule has 0 unspecified atom stereocenters. The van der Waals surface area contributed by atoms with Gasteiger partial charge in [-0.3, -0.25) is 0 Å². The number of hydrogen-bond acceptors (Lipinski definition) is 3. The van der Waals surface area contributed by atoms with Gasteiger partial charge in [0.25, 0.3) is 0 Å². The molecule has 0 bridgehead atoms. The summed E-state index contributed by atoms with van der Waals surface area (Å²) in [6.45, 7) is 1.51. The quantitative estimate of drug-likeness (QED) is 0.202. The van der Waals surface area contributed by atoms with Crippen LogP contribution in [-0.4, -0.2) is 11.7 Å². The molecular weight excluding hydrogens is 333 g/mol. The van der Waals surface area contributed by atoms with Crippen molar-refractivity contribution < 1.29 is 31.6 Å². The van der Waals surface area contributed by atoms with E-state index < -0.39 is 40.6 Å². The SMILES string of the molecule is C/C(C[C@@H]1C=CC=CC1)=N/OC(=O)c1c(F)c(F)c(F)c(F)c1F. The van der Waals surface area contributed by atoms with Crippen LogP contribution in [0.4, 0.5) is 22.0 Å². The fourth-order valence-corrected chi connectivity index (χ4v) is 2.15. The second-order valence-electron chi connectivity index (χ2n) is 5.16. The number of carbonyl (C=O) groups excluding carboxylic acids is 1. The molecule has 0 amide bonds. The highest BCUT2D eigenvalue weighted by molar-refractivity contribution is 5.91. The molecular formula is C16H12F5NO2. The Kier molecular flexibility index (Phi) is 5.48. The molecule has 0 N–H and O–H groups in total. The van der Waals surface area contributed by atoms with Crippen molar-refractivity contribution in [2.75, 3.05) is 0 Å². The van der Waals surface area contributed by atoms with Gasteiger partial charge in [0.1, 0.15) is 5.56 Å². The summed E-state index contributed by atoms with van der Waals surface area (Å²) in [5.74, 6) is -13.0. The average Bonchev–Trinajstić information content (AvgIpc) is 2.57. The zero-order valence-corrected chi connectivity index (χ0v) is 12.5. The first kappa shape index (κ1) is 17.8. The van der Waals surface area contributed by atoms with Gasteiger partial charge >= 0.3 is 5.97 Å². The van der Waals surface area contributed by atoms with Crippen LogP contribution >= 0.6 is 0 Å². The Morgan fingerprint density at radius 3 is 2.21 bits per heavy atom. The average molecular weight is 345 g/mol. The predicted molar refractivity (Wildman–Crippen MR) is 75.8 cm³/mol. The Labute approximate surface area is 134 Å². The monoisotopic (exact) mass is 345 g/mol. The Bertz CT molecular complexity index is 726. The molecule has 0 fully saturated rings. The van der Waals surface area contributed by atoms with Crippen LogP contribution in [0.15, 0.2) is 29.5 Å². The molecule has 0 radical (unpaired) electrons. The minimum absolute atomic E-state index is 0.117. The van der Waals surface area contributed by atoms with Crippen molar-refractivity contribution in [1.82, 2.24) is 0 Å². The van der Waals surface area contributed by atoms with E-state index in [0.717, 1.165) is 6.42 Å². The van der Waals surface area contributed by atoms with Gasteiger partial charge in [0.05, 0.1) is 5.71 Å². The highest BCUT2D eigenvalue weighted by atomic mass is 19.2. The third-order valence-corrected chi connectivity index (χ3v) is 3.33. The normalized spacial score (nSPS) is 17.2. The Balaban J connectivity index is 2.14. The Morgan fingerprint density at radius 2 is 1.67 bits per heavy atom. The fraction of sp³-hybridized carbons (Fsp3) is 0.250. The summed E-state index contributed by atoms with van der Waals surface area (Å²) in [5, 5.41) is 3.40. The molecule has 0 saturated carbocycles. The van der Waals surface area contributed by atoms with Crippen LogP contribution < -0.4 is 0 Å². The van der Waals surface area contributed by atoms with Crippen molar-refractivity contribution in [3.63, 3.8) is 0 Å². The van der Waals surface area contributed by atoms with E-state index in [9.17, 15) is 26.7 Å². The number of allylic oxidation sites excluding steroid dienone is 4. The standard InChI is InChI=1S/C16H12F5NO2/c1-8(7-9-5-3-2-4-6-9)22-24-16(23)10-11(17)13(19)15(21)14(20)12(10)18/h2-5,9H,6-7H2,1H3/b22-8-/t9-/m1/s1. The zero-order chi connectivity index (χ0) is 17.9. The number of nitrogens with zero attached hydrogens (tertiary/aromatic N) is 1. The molecule has 1 aromatic rings. The van der Waals surface area contributed by atoms with Gasteiger partial charge in [-0.2, -0.15) is 0 Å². The van der Waals surface area contributed by atoms with Crippen LogP contribution in [-0.2, 0) is 4.84 Å². The van der Waals surface area contributed by atoms with Gasteiger partial charge in [-0.15, -0.1) is 0 Å². The van der Waals surface area contributed by atoms with Gasteiger partial charge in [-0.1, -0.05) is 29.5 Å². The number of carbonyl (C=O) groups is 1. The van der Waals surface area contributed by atoms with E-state index in [1.807, 2.05) is 24.3 Å². The number of hydrogen-bond donors (Lipinski definition) is 0. The molecule has 128 valence electrons. The lowest BCUT2D eigenvalue weighted by Gasteiger charge is -2.11. The second-order valence-corrected chi connectivity index (χ2v) is 5.16. The summed E-state index contributed by atoms with van der Waals surface area (Å²) in [6, 6.07) is 0. The summed E-state index contributed by atoms with van der Waals surface area (Å²) in [5.41, 5.74) is -1.35. The highest BCUT2D eigenvalue weighted by Gasteiger charge is 2.31. The molecule has 1 atom stereocenters. The molecule has 1 aliphatic carbocycles. The molecule has 3 nitrogen and oxygen atoms in total. The summed E-state index contributed by atoms with van der Waals surface area (Å²) in [4.78, 5) is 15.9. The summed E-state index contributed by atoms with van der Waals surface area (Å²) in [7, 11) is 0. The van der Waals surface area contributed by atoms with Crippen molar-refractivity contribution in [2.24, 2.45) is 11.1 Å². The number of benzene rings is 1. The highest BCUT2D eigenvalue weighted by Crippen LogP contribution is 2.24. The van der Waals surface area contributed by atoms with Crippen molar-refractivity contribution in [1.29, 1.82) is 0 Å². The van der Waals surface area contributed by atoms with Gasteiger partial charge < -0.3 is 4.84 Å². The molecule has 0 aromatic heterocycles. The predicted octanol–water partition coefficient (Wildman–Crippen LogP) is 4.44. The number of rotatable bonds is 4. The van der Waals surface area contributed by atoms with Gasteiger partial charge in [0.2, 0.25) is 5.82 Å².